The van der Waals surface area contributed by atoms with Crippen LogP contribution in [0.3, 0.4) is 0 Å². The molecule has 0 spiro atoms. The number of benzene rings is 2. The molecule has 0 saturated heterocycles. The van der Waals surface area contributed by atoms with Crippen molar-refractivity contribution in [2.75, 3.05) is 16.4 Å². The SMILES string of the molecule is Nc1ccc(NC(=S)Nc2ccc(Cl)cc2)cc1. The summed E-state index contributed by atoms with van der Waals surface area (Å²) >= 11 is 11.0. The van der Waals surface area contributed by atoms with Gasteiger partial charge in [0.2, 0.25) is 0 Å². The van der Waals surface area contributed by atoms with Crippen LogP contribution in [-0.4, -0.2) is 5.11 Å². The molecule has 0 aliphatic carbocycles. The molecule has 0 aromatic heterocycles. The summed E-state index contributed by atoms with van der Waals surface area (Å²) in [6, 6.07) is 14.7. The van der Waals surface area contributed by atoms with Gasteiger partial charge in [0.25, 0.3) is 0 Å². The second-order valence-corrected chi connectivity index (χ2v) is 4.55. The van der Waals surface area contributed by atoms with E-state index in [1.165, 1.54) is 0 Å². The predicted octanol–water partition coefficient (Wildman–Crippen LogP) is 3.73. The summed E-state index contributed by atoms with van der Waals surface area (Å²) in [5.74, 6) is 0. The molecular weight excluding hydrogens is 266 g/mol. The molecule has 0 unspecified atom stereocenters. The van der Waals surface area contributed by atoms with Crippen LogP contribution in [0.1, 0.15) is 0 Å². The summed E-state index contributed by atoms with van der Waals surface area (Å²) < 4.78 is 0. The van der Waals surface area contributed by atoms with Gasteiger partial charge in [-0.2, -0.15) is 0 Å². The first kappa shape index (κ1) is 12.7. The average Bonchev–Trinajstić information content (AvgIpc) is 2.35. The van der Waals surface area contributed by atoms with Crippen LogP contribution in [0, 0.1) is 0 Å². The molecule has 0 aliphatic rings. The van der Waals surface area contributed by atoms with E-state index in [9.17, 15) is 0 Å². The Kier molecular flexibility index (Phi) is 4.02. The van der Waals surface area contributed by atoms with Gasteiger partial charge in [-0.3, -0.25) is 0 Å². The van der Waals surface area contributed by atoms with Crippen molar-refractivity contribution in [2.24, 2.45) is 0 Å². The van der Waals surface area contributed by atoms with Gasteiger partial charge in [0.15, 0.2) is 5.11 Å². The highest BCUT2D eigenvalue weighted by Gasteiger charge is 1.98. The minimum absolute atomic E-state index is 0.516. The van der Waals surface area contributed by atoms with E-state index in [1.54, 1.807) is 12.1 Å². The van der Waals surface area contributed by atoms with E-state index >= 15 is 0 Å². The van der Waals surface area contributed by atoms with Crippen LogP contribution >= 0.6 is 23.8 Å². The van der Waals surface area contributed by atoms with Crippen LogP contribution in [0.25, 0.3) is 0 Å². The van der Waals surface area contributed by atoms with Gasteiger partial charge in [-0.25, -0.2) is 0 Å². The average molecular weight is 278 g/mol. The molecule has 0 saturated carbocycles. The molecule has 2 aromatic rings. The van der Waals surface area contributed by atoms with E-state index in [0.717, 1.165) is 17.1 Å². The Balaban J connectivity index is 1.96. The van der Waals surface area contributed by atoms with Gasteiger partial charge in [0.05, 0.1) is 0 Å². The predicted molar refractivity (Wildman–Crippen MR) is 82.1 cm³/mol. The maximum Gasteiger partial charge on any atom is 0.175 e. The van der Waals surface area contributed by atoms with Crippen molar-refractivity contribution in [1.29, 1.82) is 0 Å². The van der Waals surface area contributed by atoms with Gasteiger partial charge >= 0.3 is 0 Å². The quantitative estimate of drug-likeness (QED) is 0.578. The molecule has 3 nitrogen and oxygen atoms in total. The van der Waals surface area contributed by atoms with Crippen molar-refractivity contribution in [3.63, 3.8) is 0 Å². The summed E-state index contributed by atoms with van der Waals surface area (Å²) in [5.41, 5.74) is 8.09. The molecule has 2 aromatic carbocycles. The van der Waals surface area contributed by atoms with Gasteiger partial charge in [0.1, 0.15) is 0 Å². The molecule has 18 heavy (non-hydrogen) atoms. The number of thiocarbonyl (C=S) groups is 1. The van der Waals surface area contributed by atoms with Crippen LogP contribution in [-0.2, 0) is 0 Å². The lowest BCUT2D eigenvalue weighted by Gasteiger charge is -2.10. The van der Waals surface area contributed by atoms with Crippen LogP contribution in [0.2, 0.25) is 5.02 Å². The maximum atomic E-state index is 5.80. The molecular formula is C13H12ClN3S. The highest BCUT2D eigenvalue weighted by molar-refractivity contribution is 7.80. The number of hydrogen-bond acceptors (Lipinski definition) is 2. The van der Waals surface area contributed by atoms with E-state index in [4.69, 9.17) is 29.6 Å². The van der Waals surface area contributed by atoms with E-state index in [0.29, 0.717) is 10.1 Å². The van der Waals surface area contributed by atoms with Crippen molar-refractivity contribution in [3.8, 4) is 0 Å². The van der Waals surface area contributed by atoms with Crippen LogP contribution in [0.5, 0.6) is 0 Å². The maximum absolute atomic E-state index is 5.80. The van der Waals surface area contributed by atoms with Gasteiger partial charge in [-0.1, -0.05) is 11.6 Å². The number of halogens is 1. The Morgan fingerprint density at radius 1 is 0.889 bits per heavy atom. The van der Waals surface area contributed by atoms with E-state index in [2.05, 4.69) is 10.6 Å². The van der Waals surface area contributed by atoms with Gasteiger partial charge in [0, 0.05) is 22.1 Å². The van der Waals surface area contributed by atoms with Crippen molar-refractivity contribution in [2.45, 2.75) is 0 Å². The highest BCUT2D eigenvalue weighted by atomic mass is 35.5. The smallest absolute Gasteiger partial charge is 0.175 e. The zero-order chi connectivity index (χ0) is 13.0. The number of nitrogens with two attached hydrogens (primary N) is 1. The number of nitrogens with one attached hydrogen (secondary N) is 2. The Morgan fingerprint density at radius 3 is 1.83 bits per heavy atom. The van der Waals surface area contributed by atoms with Crippen LogP contribution in [0.15, 0.2) is 48.5 Å². The second kappa shape index (κ2) is 5.71. The fourth-order valence-electron chi connectivity index (χ4n) is 1.39. The molecule has 0 radical (unpaired) electrons. The zero-order valence-corrected chi connectivity index (χ0v) is 11.1. The number of anilines is 3. The van der Waals surface area contributed by atoms with E-state index in [-0.39, 0.29) is 0 Å². The van der Waals surface area contributed by atoms with E-state index in [1.807, 2.05) is 36.4 Å². The Labute approximate surface area is 116 Å². The molecule has 0 fully saturated rings. The number of rotatable bonds is 2. The fraction of sp³-hybridized carbons (Fsp3) is 0. The third-order valence-corrected chi connectivity index (χ3v) is 2.73. The standard InChI is InChI=1S/C13H12ClN3S/c14-9-1-5-11(6-2-9)16-13(18)17-12-7-3-10(15)4-8-12/h1-8H,15H2,(H2,16,17,18). The van der Waals surface area contributed by atoms with Crippen molar-refractivity contribution >= 4 is 46.0 Å². The van der Waals surface area contributed by atoms with Gasteiger partial charge in [-0.15, -0.1) is 0 Å². The summed E-state index contributed by atoms with van der Waals surface area (Å²) in [4.78, 5) is 0. The minimum Gasteiger partial charge on any atom is -0.399 e. The normalized spacial score (nSPS) is 9.83. The van der Waals surface area contributed by atoms with Crippen LogP contribution < -0.4 is 16.4 Å². The lowest BCUT2D eigenvalue weighted by molar-refractivity contribution is 1.59. The van der Waals surface area contributed by atoms with E-state index < -0.39 is 0 Å². The zero-order valence-electron chi connectivity index (χ0n) is 9.48. The first-order chi connectivity index (χ1) is 8.63. The minimum atomic E-state index is 0.516. The summed E-state index contributed by atoms with van der Waals surface area (Å²) in [6.07, 6.45) is 0. The second-order valence-electron chi connectivity index (χ2n) is 3.71. The summed E-state index contributed by atoms with van der Waals surface area (Å²) in [6.45, 7) is 0. The third kappa shape index (κ3) is 3.61. The van der Waals surface area contributed by atoms with Crippen molar-refractivity contribution in [1.82, 2.24) is 0 Å². The highest BCUT2D eigenvalue weighted by Crippen LogP contribution is 2.15. The molecule has 5 heteroatoms. The molecule has 0 heterocycles. The summed E-state index contributed by atoms with van der Waals surface area (Å²) in [7, 11) is 0. The van der Waals surface area contributed by atoms with Crippen molar-refractivity contribution < 1.29 is 0 Å². The molecule has 0 bridgehead atoms. The van der Waals surface area contributed by atoms with Crippen molar-refractivity contribution in [3.05, 3.63) is 53.6 Å². The summed E-state index contributed by atoms with van der Waals surface area (Å²) in [5, 5.41) is 7.34. The number of hydrogen-bond donors (Lipinski definition) is 3. The largest absolute Gasteiger partial charge is 0.399 e. The Morgan fingerprint density at radius 2 is 1.33 bits per heavy atom. The number of nitrogen functional groups attached to an aromatic ring is 1. The Bertz CT molecular complexity index is 488. The molecule has 0 atom stereocenters. The molecule has 0 aliphatic heterocycles. The van der Waals surface area contributed by atoms with Gasteiger partial charge < -0.3 is 16.4 Å². The lowest BCUT2D eigenvalue weighted by Crippen LogP contribution is -2.18. The third-order valence-electron chi connectivity index (χ3n) is 2.27. The first-order valence-electron chi connectivity index (χ1n) is 5.32. The molecule has 92 valence electrons. The lowest BCUT2D eigenvalue weighted by atomic mass is 10.3. The molecule has 0 amide bonds. The molecule has 2 rings (SSSR count). The fourth-order valence-corrected chi connectivity index (χ4v) is 1.75. The topological polar surface area (TPSA) is 50.1 Å². The van der Waals surface area contributed by atoms with Crippen LogP contribution in [0.4, 0.5) is 17.1 Å². The molecule has 4 N–H and O–H groups in total. The first-order valence-corrected chi connectivity index (χ1v) is 6.11. The monoisotopic (exact) mass is 277 g/mol. The van der Waals surface area contributed by atoms with Gasteiger partial charge in [-0.05, 0) is 60.7 Å². The Hall–Kier alpha value is -1.78.